The lowest BCUT2D eigenvalue weighted by Gasteiger charge is -1.66. The zero-order chi connectivity index (χ0) is 7.11. The Morgan fingerprint density at radius 2 is 2.20 bits per heavy atom. The highest BCUT2D eigenvalue weighted by molar-refractivity contribution is 7.03. The fourth-order valence-corrected chi connectivity index (χ4v) is 0.408. The van der Waals surface area contributed by atoms with Crippen LogP contribution in [0.2, 0.25) is 0 Å². The van der Waals surface area contributed by atoms with Crippen LogP contribution >= 0.6 is 23.9 Å². The molecule has 4 nitrogen and oxygen atoms in total. The van der Waals surface area contributed by atoms with Crippen molar-refractivity contribution in [3.05, 3.63) is 11.6 Å². The van der Waals surface area contributed by atoms with Gasteiger partial charge in [0.2, 0.25) is 0 Å². The zero-order valence-corrected chi connectivity index (χ0v) is 7.08. The van der Waals surface area contributed by atoms with Crippen molar-refractivity contribution in [3.63, 3.8) is 0 Å². The van der Waals surface area contributed by atoms with Crippen molar-refractivity contribution in [1.82, 2.24) is 9.59 Å². The SMILES string of the molecule is CC(=N)N.Cl.c1csnn1. The number of hydrogen-bond acceptors (Lipinski definition) is 4. The van der Waals surface area contributed by atoms with E-state index in [1.807, 2.05) is 5.38 Å². The molecule has 0 radical (unpaired) electrons. The van der Waals surface area contributed by atoms with E-state index < -0.39 is 0 Å². The van der Waals surface area contributed by atoms with Crippen LogP contribution in [0.1, 0.15) is 6.92 Å². The molecule has 1 aromatic heterocycles. The van der Waals surface area contributed by atoms with Gasteiger partial charge < -0.3 is 5.73 Å². The molecular weight excluding hydrogens is 172 g/mol. The number of hydrogen-bond donors (Lipinski definition) is 2. The summed E-state index contributed by atoms with van der Waals surface area (Å²) in [6.45, 7) is 1.53. The molecule has 0 aliphatic heterocycles. The van der Waals surface area contributed by atoms with E-state index in [1.165, 1.54) is 18.5 Å². The Kier molecular flexibility index (Phi) is 10.0. The smallest absolute Gasteiger partial charge is 0.0873 e. The minimum atomic E-state index is 0. The normalized spacial score (nSPS) is 6.50. The summed E-state index contributed by atoms with van der Waals surface area (Å²) in [5.41, 5.74) is 4.69. The number of nitrogens with zero attached hydrogens (tertiary/aromatic N) is 2. The number of amidine groups is 1. The van der Waals surface area contributed by atoms with Crippen LogP contribution in [-0.4, -0.2) is 15.4 Å². The van der Waals surface area contributed by atoms with E-state index in [4.69, 9.17) is 11.1 Å². The molecule has 58 valence electrons. The van der Waals surface area contributed by atoms with E-state index in [9.17, 15) is 0 Å². The molecule has 10 heavy (non-hydrogen) atoms. The van der Waals surface area contributed by atoms with Crippen molar-refractivity contribution in [1.29, 1.82) is 5.41 Å². The second-order valence-electron chi connectivity index (χ2n) is 1.27. The first-order valence-electron chi connectivity index (χ1n) is 2.25. The predicted molar refractivity (Wildman–Crippen MR) is 44.7 cm³/mol. The van der Waals surface area contributed by atoms with Crippen LogP contribution in [0.15, 0.2) is 11.6 Å². The van der Waals surface area contributed by atoms with E-state index in [1.54, 1.807) is 6.20 Å². The van der Waals surface area contributed by atoms with E-state index in [2.05, 4.69) is 9.59 Å². The number of halogens is 1. The molecule has 0 aliphatic rings. The van der Waals surface area contributed by atoms with Gasteiger partial charge in [-0.2, -0.15) is 0 Å². The molecular formula is C4H9ClN4S. The Labute approximate surface area is 69.5 Å². The molecule has 0 aliphatic carbocycles. The Morgan fingerprint density at radius 1 is 1.70 bits per heavy atom. The van der Waals surface area contributed by atoms with Crippen molar-refractivity contribution in [2.45, 2.75) is 6.92 Å². The number of aromatic nitrogens is 2. The molecule has 1 aromatic rings. The van der Waals surface area contributed by atoms with Crippen molar-refractivity contribution >= 4 is 29.8 Å². The summed E-state index contributed by atoms with van der Waals surface area (Å²) in [6, 6.07) is 0. The Morgan fingerprint density at radius 3 is 2.30 bits per heavy atom. The summed E-state index contributed by atoms with van der Waals surface area (Å²) in [4.78, 5) is 0. The maximum absolute atomic E-state index is 6.28. The van der Waals surface area contributed by atoms with Gasteiger partial charge in [0, 0.05) is 5.38 Å². The quantitative estimate of drug-likeness (QED) is 0.460. The van der Waals surface area contributed by atoms with Crippen LogP contribution in [0.5, 0.6) is 0 Å². The first kappa shape index (κ1) is 12.0. The standard InChI is InChI=1S/C2H2N2S.C2H6N2.ClH/c1-2-5-4-3-1;1-2(3)4;/h1-2H;1H3,(H3,3,4);1H. The third-order valence-electron chi connectivity index (χ3n) is 0.283. The van der Waals surface area contributed by atoms with E-state index >= 15 is 0 Å². The minimum absolute atomic E-state index is 0. The highest BCUT2D eigenvalue weighted by atomic mass is 35.5. The molecule has 0 bridgehead atoms. The molecule has 3 N–H and O–H groups in total. The van der Waals surface area contributed by atoms with Gasteiger partial charge in [0.25, 0.3) is 0 Å². The van der Waals surface area contributed by atoms with Crippen LogP contribution < -0.4 is 5.73 Å². The fraction of sp³-hybridized carbons (Fsp3) is 0.250. The average molecular weight is 181 g/mol. The second-order valence-corrected chi connectivity index (χ2v) is 1.92. The van der Waals surface area contributed by atoms with Gasteiger partial charge in [-0.15, -0.1) is 17.5 Å². The van der Waals surface area contributed by atoms with Crippen molar-refractivity contribution in [2.24, 2.45) is 5.73 Å². The summed E-state index contributed by atoms with van der Waals surface area (Å²) in [7, 11) is 0. The summed E-state index contributed by atoms with van der Waals surface area (Å²) in [6.07, 6.45) is 1.66. The maximum atomic E-state index is 6.28. The Bertz CT molecular complexity index is 131. The summed E-state index contributed by atoms with van der Waals surface area (Å²) in [5.74, 6) is 0.167. The van der Waals surface area contributed by atoms with Crippen molar-refractivity contribution < 1.29 is 0 Å². The lowest BCUT2D eigenvalue weighted by molar-refractivity contribution is 1.16. The highest BCUT2D eigenvalue weighted by Gasteiger charge is 1.61. The number of nitrogens with one attached hydrogen (secondary N) is 1. The molecule has 1 heterocycles. The topological polar surface area (TPSA) is 75.7 Å². The molecule has 0 aromatic carbocycles. The average Bonchev–Trinajstić information content (AvgIpc) is 2.11. The van der Waals surface area contributed by atoms with Gasteiger partial charge in [0.1, 0.15) is 0 Å². The lowest BCUT2D eigenvalue weighted by Crippen LogP contribution is -2.00. The number of rotatable bonds is 0. The van der Waals surface area contributed by atoms with E-state index in [0.717, 1.165) is 0 Å². The lowest BCUT2D eigenvalue weighted by atomic mass is 10.8. The monoisotopic (exact) mass is 180 g/mol. The van der Waals surface area contributed by atoms with Crippen LogP contribution in [-0.2, 0) is 0 Å². The van der Waals surface area contributed by atoms with Gasteiger partial charge >= 0.3 is 0 Å². The molecule has 0 atom stereocenters. The first-order valence-corrected chi connectivity index (χ1v) is 3.09. The van der Waals surface area contributed by atoms with Crippen LogP contribution in [0.4, 0.5) is 0 Å². The third kappa shape index (κ3) is 15.7. The van der Waals surface area contributed by atoms with E-state index in [-0.39, 0.29) is 18.2 Å². The minimum Gasteiger partial charge on any atom is -0.388 e. The van der Waals surface area contributed by atoms with Gasteiger partial charge in [-0.05, 0) is 18.5 Å². The molecule has 1 rings (SSSR count). The fourth-order valence-electron chi connectivity index (χ4n) is 0.136. The third-order valence-corrected chi connectivity index (χ3v) is 0.715. The van der Waals surface area contributed by atoms with Crippen LogP contribution in [0, 0.1) is 5.41 Å². The van der Waals surface area contributed by atoms with Crippen LogP contribution in [0.3, 0.4) is 0 Å². The van der Waals surface area contributed by atoms with Gasteiger partial charge in [0.05, 0.1) is 12.0 Å². The largest absolute Gasteiger partial charge is 0.388 e. The van der Waals surface area contributed by atoms with Gasteiger partial charge in [0.15, 0.2) is 0 Å². The van der Waals surface area contributed by atoms with Gasteiger partial charge in [-0.1, -0.05) is 4.49 Å². The van der Waals surface area contributed by atoms with E-state index in [0.29, 0.717) is 0 Å². The zero-order valence-electron chi connectivity index (χ0n) is 5.44. The predicted octanol–water partition coefficient (Wildman–Crippen LogP) is 0.902. The van der Waals surface area contributed by atoms with Crippen LogP contribution in [0.25, 0.3) is 0 Å². The van der Waals surface area contributed by atoms with Gasteiger partial charge in [-0.25, -0.2) is 0 Å². The van der Waals surface area contributed by atoms with Crippen molar-refractivity contribution in [3.8, 4) is 0 Å². The molecule has 0 fully saturated rings. The molecule has 0 spiro atoms. The summed E-state index contributed by atoms with van der Waals surface area (Å²) < 4.78 is 3.51. The molecule has 0 amide bonds. The Hall–Kier alpha value is -0.680. The van der Waals surface area contributed by atoms with Crippen molar-refractivity contribution in [2.75, 3.05) is 0 Å². The molecule has 6 heteroatoms. The number of nitrogens with two attached hydrogens (primary N) is 1. The second kappa shape index (κ2) is 8.32. The molecule has 0 saturated heterocycles. The first-order chi connectivity index (χ1) is 4.23. The molecule has 0 saturated carbocycles. The maximum Gasteiger partial charge on any atom is 0.0873 e. The Balaban J connectivity index is 0. The summed E-state index contributed by atoms with van der Waals surface area (Å²) in [5, 5.41) is 11.6. The van der Waals surface area contributed by atoms with Gasteiger partial charge in [-0.3, -0.25) is 5.41 Å². The summed E-state index contributed by atoms with van der Waals surface area (Å²) >= 11 is 1.35. The highest BCUT2D eigenvalue weighted by Crippen LogP contribution is 1.78. The molecule has 0 unspecified atom stereocenters.